The predicted molar refractivity (Wildman–Crippen MR) is 70.8 cm³/mol. The van der Waals surface area contributed by atoms with Crippen molar-refractivity contribution in [3.63, 3.8) is 0 Å². The van der Waals surface area contributed by atoms with E-state index in [1.165, 1.54) is 7.05 Å². The summed E-state index contributed by atoms with van der Waals surface area (Å²) >= 11 is 0. The van der Waals surface area contributed by atoms with Crippen LogP contribution in [0.5, 0.6) is 0 Å². The molecule has 0 spiro atoms. The SMILES string of the molecule is CCN1CCC[C@H]1CNC(=O)CN(C)S(C)(=O)=O. The van der Waals surface area contributed by atoms with E-state index in [4.69, 9.17) is 0 Å². The fraction of sp³-hybridized carbons (Fsp3) is 0.909. The van der Waals surface area contributed by atoms with Gasteiger partial charge < -0.3 is 5.32 Å². The summed E-state index contributed by atoms with van der Waals surface area (Å²) in [6.07, 6.45) is 3.35. The molecule has 1 aliphatic rings. The third-order valence-electron chi connectivity index (χ3n) is 3.37. The van der Waals surface area contributed by atoms with Gasteiger partial charge in [-0.2, -0.15) is 4.31 Å². The van der Waals surface area contributed by atoms with Gasteiger partial charge in [0.1, 0.15) is 0 Å². The molecule has 1 heterocycles. The molecule has 18 heavy (non-hydrogen) atoms. The Balaban J connectivity index is 2.33. The molecule has 7 heteroatoms. The molecule has 0 aromatic heterocycles. The number of rotatable bonds is 6. The highest BCUT2D eigenvalue weighted by atomic mass is 32.2. The number of likely N-dealkylation sites (N-methyl/N-ethyl adjacent to an activating group) is 2. The summed E-state index contributed by atoms with van der Waals surface area (Å²) in [5.41, 5.74) is 0. The Morgan fingerprint density at radius 1 is 1.50 bits per heavy atom. The number of carbonyl (C=O) groups excluding carboxylic acids is 1. The zero-order chi connectivity index (χ0) is 13.8. The third-order valence-corrected chi connectivity index (χ3v) is 4.63. The Morgan fingerprint density at radius 3 is 2.72 bits per heavy atom. The summed E-state index contributed by atoms with van der Waals surface area (Å²) in [5, 5.41) is 2.81. The van der Waals surface area contributed by atoms with Crippen molar-refractivity contribution in [3.8, 4) is 0 Å². The van der Waals surface area contributed by atoms with E-state index in [2.05, 4.69) is 17.1 Å². The molecule has 0 aliphatic carbocycles. The van der Waals surface area contributed by atoms with Gasteiger partial charge in [0.2, 0.25) is 15.9 Å². The van der Waals surface area contributed by atoms with E-state index in [9.17, 15) is 13.2 Å². The Labute approximate surface area is 109 Å². The molecule has 106 valence electrons. The molecule has 0 aromatic rings. The maximum atomic E-state index is 11.6. The topological polar surface area (TPSA) is 69.7 Å². The van der Waals surface area contributed by atoms with Crippen LogP contribution in [-0.2, 0) is 14.8 Å². The fourth-order valence-electron chi connectivity index (χ4n) is 2.15. The van der Waals surface area contributed by atoms with Crippen LogP contribution >= 0.6 is 0 Å². The van der Waals surface area contributed by atoms with Crippen molar-refractivity contribution in [1.29, 1.82) is 0 Å². The van der Waals surface area contributed by atoms with Gasteiger partial charge >= 0.3 is 0 Å². The van der Waals surface area contributed by atoms with E-state index in [-0.39, 0.29) is 12.5 Å². The molecule has 0 radical (unpaired) electrons. The molecule has 1 saturated heterocycles. The van der Waals surface area contributed by atoms with Crippen LogP contribution in [0.1, 0.15) is 19.8 Å². The Bertz CT molecular complexity index is 383. The lowest BCUT2D eigenvalue weighted by molar-refractivity contribution is -0.121. The zero-order valence-electron chi connectivity index (χ0n) is 11.3. The van der Waals surface area contributed by atoms with E-state index in [0.717, 1.165) is 36.5 Å². The third kappa shape index (κ3) is 4.55. The first-order valence-corrected chi connectivity index (χ1v) is 8.11. The smallest absolute Gasteiger partial charge is 0.235 e. The van der Waals surface area contributed by atoms with Gasteiger partial charge in [0, 0.05) is 19.6 Å². The number of carbonyl (C=O) groups is 1. The molecule has 1 fully saturated rings. The zero-order valence-corrected chi connectivity index (χ0v) is 12.2. The molecule has 0 aromatic carbocycles. The average molecular weight is 277 g/mol. The minimum absolute atomic E-state index is 0.113. The summed E-state index contributed by atoms with van der Waals surface area (Å²) in [7, 11) is -1.88. The Hall–Kier alpha value is -0.660. The van der Waals surface area contributed by atoms with Gasteiger partial charge in [-0.05, 0) is 25.9 Å². The van der Waals surface area contributed by atoms with Crippen molar-refractivity contribution in [2.45, 2.75) is 25.8 Å². The second-order valence-corrected chi connectivity index (χ2v) is 6.84. The van der Waals surface area contributed by atoms with Crippen LogP contribution in [0.3, 0.4) is 0 Å². The second-order valence-electron chi connectivity index (χ2n) is 4.75. The lowest BCUT2D eigenvalue weighted by Crippen LogP contribution is -2.43. The van der Waals surface area contributed by atoms with Crippen molar-refractivity contribution in [2.75, 3.05) is 39.5 Å². The molecule has 0 unspecified atom stereocenters. The normalized spacial score (nSPS) is 21.4. The van der Waals surface area contributed by atoms with Gasteiger partial charge in [0.05, 0.1) is 12.8 Å². The van der Waals surface area contributed by atoms with Crippen LogP contribution in [0.25, 0.3) is 0 Å². The summed E-state index contributed by atoms with van der Waals surface area (Å²) in [6, 6.07) is 0.391. The van der Waals surface area contributed by atoms with Gasteiger partial charge in [-0.25, -0.2) is 8.42 Å². The average Bonchev–Trinajstić information content (AvgIpc) is 2.72. The van der Waals surface area contributed by atoms with Crippen molar-refractivity contribution in [2.24, 2.45) is 0 Å². The fourth-order valence-corrected chi connectivity index (χ4v) is 2.50. The van der Waals surface area contributed by atoms with Crippen LogP contribution < -0.4 is 5.32 Å². The van der Waals surface area contributed by atoms with Crippen molar-refractivity contribution < 1.29 is 13.2 Å². The molecule has 1 rings (SSSR count). The number of nitrogens with zero attached hydrogens (tertiary/aromatic N) is 2. The van der Waals surface area contributed by atoms with E-state index < -0.39 is 10.0 Å². The maximum Gasteiger partial charge on any atom is 0.235 e. The number of likely N-dealkylation sites (tertiary alicyclic amines) is 1. The van der Waals surface area contributed by atoms with Crippen molar-refractivity contribution in [1.82, 2.24) is 14.5 Å². The highest BCUT2D eigenvalue weighted by molar-refractivity contribution is 7.88. The molecule has 1 aliphatic heterocycles. The summed E-state index contributed by atoms with van der Waals surface area (Å²) in [6.45, 7) is 4.67. The highest BCUT2D eigenvalue weighted by Gasteiger charge is 2.23. The number of amides is 1. The van der Waals surface area contributed by atoms with Gasteiger partial charge in [-0.15, -0.1) is 0 Å². The summed E-state index contributed by atoms with van der Waals surface area (Å²) in [4.78, 5) is 13.9. The van der Waals surface area contributed by atoms with Gasteiger partial charge in [0.25, 0.3) is 0 Å². The molecular formula is C11H23N3O3S. The summed E-state index contributed by atoms with van der Waals surface area (Å²) in [5.74, 6) is -0.245. The van der Waals surface area contributed by atoms with Crippen LogP contribution in [0.4, 0.5) is 0 Å². The number of hydrogen-bond acceptors (Lipinski definition) is 4. The van der Waals surface area contributed by atoms with Gasteiger partial charge in [0.15, 0.2) is 0 Å². The second kappa shape index (κ2) is 6.49. The molecular weight excluding hydrogens is 254 g/mol. The molecule has 1 N–H and O–H groups in total. The van der Waals surface area contributed by atoms with Crippen LogP contribution in [0.15, 0.2) is 0 Å². The Morgan fingerprint density at radius 2 is 2.17 bits per heavy atom. The summed E-state index contributed by atoms with van der Waals surface area (Å²) < 4.78 is 23.4. The number of sulfonamides is 1. The monoisotopic (exact) mass is 277 g/mol. The first-order chi connectivity index (χ1) is 8.34. The van der Waals surface area contributed by atoms with Crippen LogP contribution in [-0.4, -0.2) is 69.1 Å². The standard InChI is InChI=1S/C11H23N3O3S/c1-4-14-7-5-6-10(14)8-12-11(15)9-13(2)18(3,16)17/h10H,4-9H2,1-3H3,(H,12,15)/t10-/m0/s1. The maximum absolute atomic E-state index is 11.6. The first kappa shape index (κ1) is 15.4. The van der Waals surface area contributed by atoms with Gasteiger partial charge in [-0.3, -0.25) is 9.69 Å². The highest BCUT2D eigenvalue weighted by Crippen LogP contribution is 2.15. The number of hydrogen-bond donors (Lipinski definition) is 1. The quantitative estimate of drug-likeness (QED) is 0.709. The predicted octanol–water partition coefficient (Wildman–Crippen LogP) is -0.522. The lowest BCUT2D eigenvalue weighted by Gasteiger charge is -2.23. The largest absolute Gasteiger partial charge is 0.353 e. The minimum Gasteiger partial charge on any atom is -0.353 e. The van der Waals surface area contributed by atoms with E-state index >= 15 is 0 Å². The molecule has 6 nitrogen and oxygen atoms in total. The lowest BCUT2D eigenvalue weighted by atomic mass is 10.2. The van der Waals surface area contributed by atoms with Gasteiger partial charge in [-0.1, -0.05) is 6.92 Å². The molecule has 1 amide bonds. The Kier molecular flexibility index (Phi) is 5.55. The van der Waals surface area contributed by atoms with Crippen molar-refractivity contribution >= 4 is 15.9 Å². The van der Waals surface area contributed by atoms with Crippen molar-refractivity contribution in [3.05, 3.63) is 0 Å². The van der Waals surface area contributed by atoms with Crippen LogP contribution in [0, 0.1) is 0 Å². The molecule has 1 atom stereocenters. The molecule has 0 bridgehead atoms. The number of nitrogens with one attached hydrogen (secondary N) is 1. The molecule has 0 saturated carbocycles. The van der Waals surface area contributed by atoms with E-state index in [1.807, 2.05) is 0 Å². The first-order valence-electron chi connectivity index (χ1n) is 6.26. The van der Waals surface area contributed by atoms with Crippen LogP contribution in [0.2, 0.25) is 0 Å². The minimum atomic E-state index is -3.29. The van der Waals surface area contributed by atoms with E-state index in [0.29, 0.717) is 12.6 Å². The van der Waals surface area contributed by atoms with E-state index in [1.54, 1.807) is 0 Å².